The van der Waals surface area contributed by atoms with Crippen molar-refractivity contribution >= 4 is 51.4 Å². The fourth-order valence-electron chi connectivity index (χ4n) is 4.45. The van der Waals surface area contributed by atoms with Gasteiger partial charge < -0.3 is 20.5 Å². The molecule has 2 aromatic heterocycles. The van der Waals surface area contributed by atoms with Crippen molar-refractivity contribution in [3.63, 3.8) is 0 Å². The number of likely N-dealkylation sites (N-methyl/N-ethyl adjacent to an activating group) is 1. The summed E-state index contributed by atoms with van der Waals surface area (Å²) in [7, 11) is 2.05. The average Bonchev–Trinajstić information content (AvgIpc) is 3.39. The van der Waals surface area contributed by atoms with E-state index in [1.54, 1.807) is 18.2 Å². The highest BCUT2D eigenvalue weighted by atomic mass is 35.5. The number of hydrogen-bond donors (Lipinski definition) is 3. The van der Waals surface area contributed by atoms with E-state index in [0.29, 0.717) is 28.6 Å². The molecule has 2 atom stereocenters. The maximum absolute atomic E-state index is 13.0. The van der Waals surface area contributed by atoms with Crippen molar-refractivity contribution in [2.45, 2.75) is 44.3 Å². The van der Waals surface area contributed by atoms with Crippen molar-refractivity contribution in [3.8, 4) is 0 Å². The summed E-state index contributed by atoms with van der Waals surface area (Å²) in [4.78, 5) is 49.0. The minimum Gasteiger partial charge on any atom is -0.351 e. The summed E-state index contributed by atoms with van der Waals surface area (Å²) in [6.07, 6.45) is 1.87. The second kappa shape index (κ2) is 8.89. The van der Waals surface area contributed by atoms with Crippen molar-refractivity contribution in [3.05, 3.63) is 50.6 Å². The molecule has 1 aliphatic carbocycles. The Balaban J connectivity index is 1.30. The number of hydrogen-bond acceptors (Lipinski definition) is 6. The maximum atomic E-state index is 13.0. The fraction of sp³-hybridized carbons (Fsp3) is 0.391. The zero-order valence-corrected chi connectivity index (χ0v) is 19.7. The number of aromatic nitrogens is 2. The number of Topliss-reactive ketones (excluding diaryl/α,β-unsaturated/α-hetero) is 1. The summed E-state index contributed by atoms with van der Waals surface area (Å²) in [5.74, 6) is -0.507. The van der Waals surface area contributed by atoms with E-state index in [0.717, 1.165) is 41.0 Å². The Morgan fingerprint density at radius 2 is 2.00 bits per heavy atom. The zero-order valence-electron chi connectivity index (χ0n) is 18.1. The van der Waals surface area contributed by atoms with Crippen LogP contribution in [0.2, 0.25) is 5.02 Å². The third-order valence-corrected chi connectivity index (χ3v) is 7.56. The predicted octanol–water partition coefficient (Wildman–Crippen LogP) is 2.92. The van der Waals surface area contributed by atoms with Gasteiger partial charge in [-0.2, -0.15) is 0 Å². The van der Waals surface area contributed by atoms with Crippen LogP contribution in [0.15, 0.2) is 24.3 Å². The first-order valence-corrected chi connectivity index (χ1v) is 12.1. The molecule has 10 heteroatoms. The standard InChI is InChI=1S/C23H24ClN5O3S/c1-29-7-6-17-20(11-29)33-23(28-17)22(32)26-16-5-3-14(30)10-18(16)27-21(31)19-9-12-8-13(24)2-4-15(12)25-19/h2,4,8-9,16,18,25H,3,5-7,10-11H2,1H3,(H,26,32)(H,27,31)/t16-,18+/m1/s1. The van der Waals surface area contributed by atoms with Crippen molar-refractivity contribution in [2.75, 3.05) is 13.6 Å². The second-order valence-electron chi connectivity index (χ2n) is 8.73. The molecule has 1 saturated carbocycles. The molecular formula is C23H24ClN5O3S. The van der Waals surface area contributed by atoms with Crippen LogP contribution in [-0.2, 0) is 17.8 Å². The number of benzene rings is 1. The molecule has 3 heterocycles. The molecule has 0 radical (unpaired) electrons. The minimum absolute atomic E-state index is 0.0713. The summed E-state index contributed by atoms with van der Waals surface area (Å²) < 4.78 is 0. The average molecular weight is 486 g/mol. The van der Waals surface area contributed by atoms with Crippen molar-refractivity contribution in [1.29, 1.82) is 0 Å². The monoisotopic (exact) mass is 485 g/mol. The molecule has 1 fully saturated rings. The summed E-state index contributed by atoms with van der Waals surface area (Å²) >= 11 is 7.46. The lowest BCUT2D eigenvalue weighted by molar-refractivity contribution is -0.121. The van der Waals surface area contributed by atoms with Gasteiger partial charge in [-0.1, -0.05) is 11.6 Å². The molecule has 2 amide bonds. The van der Waals surface area contributed by atoms with Crippen LogP contribution in [0.25, 0.3) is 10.9 Å². The number of thiazole rings is 1. The molecule has 0 saturated heterocycles. The Labute approximate surface area is 199 Å². The lowest BCUT2D eigenvalue weighted by atomic mass is 9.89. The number of halogens is 1. The van der Waals surface area contributed by atoms with E-state index in [1.165, 1.54) is 11.3 Å². The molecule has 0 bridgehead atoms. The number of fused-ring (bicyclic) bond motifs is 2. The predicted molar refractivity (Wildman–Crippen MR) is 127 cm³/mol. The van der Waals surface area contributed by atoms with Gasteiger partial charge in [-0.05, 0) is 37.7 Å². The Kier molecular flexibility index (Phi) is 5.94. The van der Waals surface area contributed by atoms with E-state index in [-0.39, 0.29) is 30.1 Å². The third kappa shape index (κ3) is 4.66. The van der Waals surface area contributed by atoms with E-state index in [2.05, 4.69) is 32.5 Å². The maximum Gasteiger partial charge on any atom is 0.280 e. The largest absolute Gasteiger partial charge is 0.351 e. The van der Waals surface area contributed by atoms with Crippen LogP contribution in [0.5, 0.6) is 0 Å². The molecule has 172 valence electrons. The van der Waals surface area contributed by atoms with Gasteiger partial charge in [0.1, 0.15) is 11.5 Å². The molecule has 1 aliphatic heterocycles. The molecular weight excluding hydrogens is 462 g/mol. The number of amides is 2. The molecule has 1 aromatic carbocycles. The van der Waals surface area contributed by atoms with Gasteiger partial charge in [-0.15, -0.1) is 11.3 Å². The van der Waals surface area contributed by atoms with Crippen LogP contribution >= 0.6 is 22.9 Å². The Bertz CT molecular complexity index is 1250. The molecule has 0 spiro atoms. The van der Waals surface area contributed by atoms with Crippen LogP contribution in [0.4, 0.5) is 0 Å². The summed E-state index contributed by atoms with van der Waals surface area (Å²) in [5.41, 5.74) is 2.17. The number of ketones is 1. The van der Waals surface area contributed by atoms with Crippen molar-refractivity contribution in [1.82, 2.24) is 25.5 Å². The van der Waals surface area contributed by atoms with Gasteiger partial charge in [0.15, 0.2) is 5.01 Å². The second-order valence-corrected chi connectivity index (χ2v) is 10.3. The quantitative estimate of drug-likeness (QED) is 0.526. The minimum atomic E-state index is -0.488. The van der Waals surface area contributed by atoms with Gasteiger partial charge in [-0.25, -0.2) is 4.98 Å². The molecule has 0 unspecified atom stereocenters. The number of nitrogens with one attached hydrogen (secondary N) is 3. The fourth-order valence-corrected chi connectivity index (χ4v) is 5.73. The molecule has 8 nitrogen and oxygen atoms in total. The highest BCUT2D eigenvalue weighted by Crippen LogP contribution is 2.25. The van der Waals surface area contributed by atoms with E-state index in [9.17, 15) is 14.4 Å². The molecule has 5 rings (SSSR count). The first-order valence-electron chi connectivity index (χ1n) is 10.9. The summed E-state index contributed by atoms with van der Waals surface area (Å²) in [6.45, 7) is 1.73. The highest BCUT2D eigenvalue weighted by Gasteiger charge is 2.33. The Morgan fingerprint density at radius 3 is 2.85 bits per heavy atom. The van der Waals surface area contributed by atoms with Gasteiger partial charge in [0.05, 0.1) is 17.8 Å². The first kappa shape index (κ1) is 22.1. The number of carbonyl (C=O) groups excluding carboxylic acids is 3. The lowest BCUT2D eigenvalue weighted by Gasteiger charge is -2.31. The molecule has 33 heavy (non-hydrogen) atoms. The topological polar surface area (TPSA) is 107 Å². The van der Waals surface area contributed by atoms with Gasteiger partial charge in [-0.3, -0.25) is 14.4 Å². The van der Waals surface area contributed by atoms with Gasteiger partial charge in [0, 0.05) is 53.2 Å². The van der Waals surface area contributed by atoms with E-state index < -0.39 is 6.04 Å². The Hall–Kier alpha value is -2.75. The number of carbonyl (C=O) groups is 3. The van der Waals surface area contributed by atoms with Gasteiger partial charge in [0.25, 0.3) is 11.8 Å². The van der Waals surface area contributed by atoms with Crippen LogP contribution in [0.1, 0.15) is 50.1 Å². The molecule has 3 N–H and O–H groups in total. The summed E-state index contributed by atoms with van der Waals surface area (Å²) in [6, 6.07) is 6.24. The number of aromatic amines is 1. The number of rotatable bonds is 4. The van der Waals surface area contributed by atoms with E-state index in [4.69, 9.17) is 11.6 Å². The van der Waals surface area contributed by atoms with Gasteiger partial charge >= 0.3 is 0 Å². The van der Waals surface area contributed by atoms with Crippen LogP contribution in [0, 0.1) is 0 Å². The van der Waals surface area contributed by atoms with Crippen LogP contribution < -0.4 is 10.6 Å². The number of nitrogens with zero attached hydrogens (tertiary/aromatic N) is 2. The van der Waals surface area contributed by atoms with Crippen LogP contribution in [-0.4, -0.2) is 58.1 Å². The SMILES string of the molecule is CN1CCc2nc(C(=O)N[C@@H]3CCC(=O)C[C@@H]3NC(=O)c3cc4cc(Cl)ccc4[nH]3)sc2C1. The van der Waals surface area contributed by atoms with E-state index in [1.807, 2.05) is 6.07 Å². The number of H-pyrrole nitrogens is 1. The lowest BCUT2D eigenvalue weighted by Crippen LogP contribution is -2.54. The first-order chi connectivity index (χ1) is 15.9. The summed E-state index contributed by atoms with van der Waals surface area (Å²) in [5, 5.41) is 7.81. The Morgan fingerprint density at radius 1 is 1.18 bits per heavy atom. The molecule has 2 aliphatic rings. The smallest absolute Gasteiger partial charge is 0.280 e. The molecule has 3 aromatic rings. The van der Waals surface area contributed by atoms with Crippen molar-refractivity contribution in [2.24, 2.45) is 0 Å². The van der Waals surface area contributed by atoms with Crippen LogP contribution in [0.3, 0.4) is 0 Å². The van der Waals surface area contributed by atoms with Crippen molar-refractivity contribution < 1.29 is 14.4 Å². The zero-order chi connectivity index (χ0) is 23.1. The normalized spacial score (nSPS) is 21.1. The third-order valence-electron chi connectivity index (χ3n) is 6.24. The van der Waals surface area contributed by atoms with E-state index >= 15 is 0 Å². The van der Waals surface area contributed by atoms with Gasteiger partial charge in [0.2, 0.25) is 0 Å². The highest BCUT2D eigenvalue weighted by molar-refractivity contribution is 7.13.